The normalized spacial score (nSPS) is 13.5. The molecule has 0 aromatic carbocycles. The number of hydrogen-bond acceptors (Lipinski definition) is 6. The maximum absolute atomic E-state index is 12.7. The second-order valence-corrected chi connectivity index (χ2v) is 16.6. The Labute approximate surface area is 356 Å². The minimum atomic E-state index is -0.884. The smallest absolute Gasteiger partial charge is 0.362 e. The topological polar surface area (TPSA) is 99.1 Å². The highest BCUT2D eigenvalue weighted by Gasteiger charge is 2.31. The van der Waals surface area contributed by atoms with Crippen LogP contribution in [0.2, 0.25) is 0 Å². The summed E-state index contributed by atoms with van der Waals surface area (Å²) in [4.78, 5) is 37.0. The highest BCUT2D eigenvalue weighted by molar-refractivity contribution is 5.72. The van der Waals surface area contributed by atoms with E-state index < -0.39 is 18.1 Å². The number of carboxylic acids is 1. The van der Waals surface area contributed by atoms with Gasteiger partial charge in [-0.15, -0.1) is 0 Å². The number of ether oxygens (including phenoxy) is 3. The van der Waals surface area contributed by atoms with Crippen LogP contribution in [0, 0.1) is 0 Å². The van der Waals surface area contributed by atoms with Crippen molar-refractivity contribution in [3.63, 3.8) is 0 Å². The minimum absolute atomic E-state index is 0.0381. The number of esters is 2. The molecule has 0 aliphatic carbocycles. The molecule has 0 rings (SSSR count). The van der Waals surface area contributed by atoms with Gasteiger partial charge in [0.2, 0.25) is 0 Å². The Morgan fingerprint density at radius 2 is 0.966 bits per heavy atom. The van der Waals surface area contributed by atoms with Gasteiger partial charge >= 0.3 is 17.9 Å². The fourth-order valence-electron chi connectivity index (χ4n) is 6.60. The lowest BCUT2D eigenvalue weighted by Crippen LogP contribution is -2.50. The fourth-order valence-corrected chi connectivity index (χ4v) is 6.60. The standard InChI is InChI=1S/C50H87NO7/c1-6-8-10-12-14-16-18-20-22-24-26-28-30-32-34-36-38-40-48(52)57-45-46(44-56-43-42-47(50(54)55)51(3,4)5)58-49(53)41-39-37-35-33-31-29-27-25-23-21-19-17-15-13-11-9-7-2/h9,11,15,17,21,23,27,29,33,35,46-47H,6-8,10,12-14,16,18-20,22,24-26,28,30-32,34,36-45H2,1-5H3/p+1/b11-9-,17-15-,23-21-,29-27-,35-33-. The lowest BCUT2D eigenvalue weighted by Gasteiger charge is -2.31. The molecule has 0 aromatic rings. The van der Waals surface area contributed by atoms with E-state index in [1.165, 1.54) is 89.9 Å². The average molecular weight is 815 g/mol. The Hall–Kier alpha value is -2.97. The Morgan fingerprint density at radius 1 is 0.534 bits per heavy atom. The fraction of sp³-hybridized carbons (Fsp3) is 0.740. The van der Waals surface area contributed by atoms with Gasteiger partial charge in [-0.3, -0.25) is 9.59 Å². The Balaban J connectivity index is 4.39. The molecule has 1 N–H and O–H groups in total. The van der Waals surface area contributed by atoms with Crippen LogP contribution in [0.5, 0.6) is 0 Å². The first-order valence-electron chi connectivity index (χ1n) is 23.3. The predicted octanol–water partition coefficient (Wildman–Crippen LogP) is 13.0. The summed E-state index contributed by atoms with van der Waals surface area (Å²) in [5, 5.41) is 9.63. The summed E-state index contributed by atoms with van der Waals surface area (Å²) < 4.78 is 17.2. The summed E-state index contributed by atoms with van der Waals surface area (Å²) in [6.07, 6.45) is 49.9. The highest BCUT2D eigenvalue weighted by atomic mass is 16.6. The van der Waals surface area contributed by atoms with Gasteiger partial charge in [-0.05, 0) is 51.4 Å². The molecule has 0 fully saturated rings. The van der Waals surface area contributed by atoms with Gasteiger partial charge < -0.3 is 23.8 Å². The number of quaternary nitrogens is 1. The van der Waals surface area contributed by atoms with Gasteiger partial charge in [0.1, 0.15) is 6.61 Å². The third kappa shape index (κ3) is 38.5. The third-order valence-electron chi connectivity index (χ3n) is 10.2. The van der Waals surface area contributed by atoms with Gasteiger partial charge in [-0.1, -0.05) is 177 Å². The molecular formula is C50H88NO7+. The molecule has 334 valence electrons. The second kappa shape index (κ2) is 40.8. The average Bonchev–Trinajstić information content (AvgIpc) is 3.18. The van der Waals surface area contributed by atoms with E-state index in [9.17, 15) is 19.5 Å². The number of nitrogens with zero attached hydrogens (tertiary/aromatic N) is 1. The summed E-state index contributed by atoms with van der Waals surface area (Å²) in [5.74, 6) is -1.54. The summed E-state index contributed by atoms with van der Waals surface area (Å²) in [5.41, 5.74) is 0. The second-order valence-electron chi connectivity index (χ2n) is 16.6. The molecule has 8 nitrogen and oxygen atoms in total. The van der Waals surface area contributed by atoms with Gasteiger partial charge in [-0.25, -0.2) is 4.79 Å². The maximum Gasteiger partial charge on any atom is 0.362 e. The summed E-state index contributed by atoms with van der Waals surface area (Å²) in [6, 6.07) is -0.626. The molecule has 0 radical (unpaired) electrons. The Kier molecular flexibility index (Phi) is 38.7. The van der Waals surface area contributed by atoms with Gasteiger partial charge in [0.05, 0.1) is 34.4 Å². The number of carboxylic acid groups (broad SMARTS) is 1. The van der Waals surface area contributed by atoms with E-state index in [-0.39, 0.29) is 42.7 Å². The largest absolute Gasteiger partial charge is 0.477 e. The minimum Gasteiger partial charge on any atom is -0.477 e. The van der Waals surface area contributed by atoms with Crippen molar-refractivity contribution in [1.82, 2.24) is 0 Å². The van der Waals surface area contributed by atoms with Crippen molar-refractivity contribution >= 4 is 17.9 Å². The molecule has 0 saturated carbocycles. The van der Waals surface area contributed by atoms with Crippen molar-refractivity contribution in [3.8, 4) is 0 Å². The zero-order valence-electron chi connectivity index (χ0n) is 38.0. The molecule has 0 aliphatic heterocycles. The zero-order valence-corrected chi connectivity index (χ0v) is 38.0. The first-order chi connectivity index (χ1) is 28.1. The molecular weight excluding hydrogens is 727 g/mol. The summed E-state index contributed by atoms with van der Waals surface area (Å²) in [6.45, 7) is 4.57. The lowest BCUT2D eigenvalue weighted by atomic mass is 10.0. The van der Waals surface area contributed by atoms with Gasteiger partial charge in [0, 0.05) is 19.3 Å². The van der Waals surface area contributed by atoms with Gasteiger partial charge in [0.15, 0.2) is 12.1 Å². The lowest BCUT2D eigenvalue weighted by molar-refractivity contribution is -0.887. The molecule has 0 aromatic heterocycles. The molecule has 0 aliphatic rings. The number of rotatable bonds is 41. The number of allylic oxidation sites excluding steroid dienone is 10. The molecule has 2 unspecified atom stereocenters. The van der Waals surface area contributed by atoms with Crippen LogP contribution in [0.25, 0.3) is 0 Å². The SMILES string of the molecule is CC/C=C\C/C=C\C/C=C\C/C=C\C/C=C\CCCC(=O)OC(COCCC(C(=O)O)[N+](C)(C)C)COC(=O)CCCCCCCCCCCCCCCCCCC. The molecule has 2 atom stereocenters. The number of carbonyl (C=O) groups is 3. The van der Waals surface area contributed by atoms with Gasteiger partial charge in [-0.2, -0.15) is 0 Å². The number of carbonyl (C=O) groups excluding carboxylic acids is 2. The molecule has 58 heavy (non-hydrogen) atoms. The van der Waals surface area contributed by atoms with Gasteiger partial charge in [0.25, 0.3) is 0 Å². The van der Waals surface area contributed by atoms with Crippen LogP contribution in [0.15, 0.2) is 60.8 Å². The zero-order chi connectivity index (χ0) is 42.8. The van der Waals surface area contributed by atoms with Crippen LogP contribution in [-0.2, 0) is 28.6 Å². The monoisotopic (exact) mass is 815 g/mol. The van der Waals surface area contributed by atoms with Crippen molar-refractivity contribution in [1.29, 1.82) is 0 Å². The summed E-state index contributed by atoms with van der Waals surface area (Å²) in [7, 11) is 5.51. The molecule has 0 heterocycles. The van der Waals surface area contributed by atoms with E-state index >= 15 is 0 Å². The highest BCUT2D eigenvalue weighted by Crippen LogP contribution is 2.15. The third-order valence-corrected chi connectivity index (χ3v) is 10.2. The van der Waals surface area contributed by atoms with Crippen LogP contribution in [0.3, 0.4) is 0 Å². The van der Waals surface area contributed by atoms with Crippen molar-refractivity contribution < 1.29 is 38.2 Å². The predicted molar refractivity (Wildman–Crippen MR) is 243 cm³/mol. The van der Waals surface area contributed by atoms with Crippen LogP contribution in [0.4, 0.5) is 0 Å². The maximum atomic E-state index is 12.7. The number of likely N-dealkylation sites (N-methyl/N-ethyl adjacent to an activating group) is 1. The van der Waals surface area contributed by atoms with E-state index in [4.69, 9.17) is 14.2 Å². The molecule has 0 amide bonds. The molecule has 8 heteroatoms. The number of unbranched alkanes of at least 4 members (excludes halogenated alkanes) is 17. The van der Waals surface area contributed by atoms with Crippen molar-refractivity contribution in [3.05, 3.63) is 60.8 Å². The van der Waals surface area contributed by atoms with E-state index in [0.717, 1.165) is 57.8 Å². The number of aliphatic carboxylic acids is 1. The van der Waals surface area contributed by atoms with Crippen LogP contribution < -0.4 is 0 Å². The van der Waals surface area contributed by atoms with Crippen molar-refractivity contribution in [2.45, 2.75) is 199 Å². The van der Waals surface area contributed by atoms with Crippen LogP contribution >= 0.6 is 0 Å². The van der Waals surface area contributed by atoms with E-state index in [1.807, 2.05) is 21.1 Å². The van der Waals surface area contributed by atoms with E-state index in [2.05, 4.69) is 74.6 Å². The summed E-state index contributed by atoms with van der Waals surface area (Å²) >= 11 is 0. The molecule has 0 spiro atoms. The van der Waals surface area contributed by atoms with Crippen molar-refractivity contribution in [2.24, 2.45) is 0 Å². The Morgan fingerprint density at radius 3 is 1.41 bits per heavy atom. The van der Waals surface area contributed by atoms with E-state index in [0.29, 0.717) is 19.3 Å². The first-order valence-corrected chi connectivity index (χ1v) is 23.3. The quantitative estimate of drug-likeness (QED) is 0.0284. The van der Waals surface area contributed by atoms with E-state index in [1.54, 1.807) is 0 Å². The first kappa shape index (κ1) is 55.0. The number of hydrogen-bond donors (Lipinski definition) is 1. The van der Waals surface area contributed by atoms with Crippen molar-refractivity contribution in [2.75, 3.05) is 41.0 Å². The van der Waals surface area contributed by atoms with Crippen LogP contribution in [0.1, 0.15) is 187 Å². The Bertz CT molecular complexity index is 1130. The molecule has 0 saturated heterocycles. The van der Waals surface area contributed by atoms with Crippen LogP contribution in [-0.4, -0.2) is 80.6 Å². The molecule has 0 bridgehead atoms.